The van der Waals surface area contributed by atoms with Gasteiger partial charge in [0.05, 0.1) is 7.11 Å². The van der Waals surface area contributed by atoms with Gasteiger partial charge in [0.15, 0.2) is 0 Å². The number of carbonyl (C=O) groups is 1. The van der Waals surface area contributed by atoms with E-state index >= 15 is 0 Å². The minimum atomic E-state index is -1.49. The lowest BCUT2D eigenvalue weighted by Crippen LogP contribution is -2.45. The van der Waals surface area contributed by atoms with Gasteiger partial charge in [-0.3, -0.25) is 0 Å². The summed E-state index contributed by atoms with van der Waals surface area (Å²) in [6.45, 7) is 1.93. The molecular weight excluding hydrogens is 333 g/mol. The van der Waals surface area contributed by atoms with Gasteiger partial charge in [-0.1, -0.05) is 53.5 Å². The van der Waals surface area contributed by atoms with Crippen molar-refractivity contribution in [3.8, 4) is 0 Å². The Morgan fingerprint density at radius 2 is 1.87 bits per heavy atom. The number of ether oxygens (including phenoxy) is 1. The van der Waals surface area contributed by atoms with Crippen LogP contribution in [0.15, 0.2) is 48.5 Å². The number of rotatable bonds is 2. The Bertz CT molecular complexity index is 802. The van der Waals surface area contributed by atoms with Gasteiger partial charge >= 0.3 is 5.97 Å². The first kappa shape index (κ1) is 15.9. The minimum absolute atomic E-state index is 0.557. The fourth-order valence-electron chi connectivity index (χ4n) is 2.89. The van der Waals surface area contributed by atoms with Gasteiger partial charge < -0.3 is 10.1 Å². The first-order chi connectivity index (χ1) is 11.0. The molecule has 0 aromatic heterocycles. The molecule has 0 bridgehead atoms. The Morgan fingerprint density at radius 1 is 1.17 bits per heavy atom. The van der Waals surface area contributed by atoms with E-state index in [-0.39, 0.29) is 0 Å². The number of alkyl halides is 1. The minimum Gasteiger partial charge on any atom is -0.466 e. The van der Waals surface area contributed by atoms with Crippen LogP contribution in [-0.2, 0) is 9.53 Å². The molecule has 118 valence electrons. The van der Waals surface area contributed by atoms with Crippen molar-refractivity contribution < 1.29 is 9.53 Å². The quantitative estimate of drug-likeness (QED) is 0.481. The lowest BCUT2D eigenvalue weighted by Gasteiger charge is -2.36. The van der Waals surface area contributed by atoms with Crippen LogP contribution in [0.5, 0.6) is 0 Å². The predicted molar refractivity (Wildman–Crippen MR) is 94.6 cm³/mol. The molecule has 23 heavy (non-hydrogen) atoms. The fraction of sp³-hybridized carbons (Fsp3) is 0.167. The number of fused-ring (bicyclic) bond motifs is 1. The zero-order valence-electron chi connectivity index (χ0n) is 12.7. The summed E-state index contributed by atoms with van der Waals surface area (Å²) in [5.74, 6) is -0.557. The molecule has 0 spiro atoms. The Morgan fingerprint density at radius 3 is 2.52 bits per heavy atom. The molecule has 2 aromatic rings. The average molecular weight is 348 g/mol. The summed E-state index contributed by atoms with van der Waals surface area (Å²) in [5.41, 5.74) is 4.06. The zero-order valence-corrected chi connectivity index (χ0v) is 14.2. The molecule has 5 heteroatoms. The first-order valence-corrected chi connectivity index (χ1v) is 7.85. The lowest BCUT2D eigenvalue weighted by atomic mass is 9.86. The number of hydrogen-bond donors (Lipinski definition) is 1. The molecule has 0 aliphatic carbocycles. The molecule has 0 amide bonds. The monoisotopic (exact) mass is 347 g/mol. The number of carbonyl (C=O) groups excluding carboxylic acids is 1. The maximum absolute atomic E-state index is 12.4. The van der Waals surface area contributed by atoms with Gasteiger partial charge in [0.1, 0.15) is 0 Å². The van der Waals surface area contributed by atoms with E-state index in [1.54, 1.807) is 6.07 Å². The van der Waals surface area contributed by atoms with Gasteiger partial charge in [-0.2, -0.15) is 0 Å². The van der Waals surface area contributed by atoms with Crippen molar-refractivity contribution in [2.45, 2.75) is 11.9 Å². The standard InChI is InChI=1S/C18H15Cl2NO2/c1-11-14-10-13(19)8-9-15(14)21-18(20,17(22)23-2)16(11)12-6-4-3-5-7-12/h3-10,21H,1-2H3. The largest absolute Gasteiger partial charge is 0.466 e. The van der Waals surface area contributed by atoms with Crippen LogP contribution in [0.4, 0.5) is 5.69 Å². The van der Waals surface area contributed by atoms with Gasteiger partial charge in [0.2, 0.25) is 5.00 Å². The van der Waals surface area contributed by atoms with Crippen LogP contribution < -0.4 is 5.32 Å². The van der Waals surface area contributed by atoms with E-state index in [2.05, 4.69) is 5.32 Å². The average Bonchev–Trinajstić information content (AvgIpc) is 2.56. The number of anilines is 1. The summed E-state index contributed by atoms with van der Waals surface area (Å²) < 4.78 is 4.94. The Hall–Kier alpha value is -1.97. The van der Waals surface area contributed by atoms with Crippen molar-refractivity contribution in [3.63, 3.8) is 0 Å². The van der Waals surface area contributed by atoms with E-state index < -0.39 is 11.0 Å². The van der Waals surface area contributed by atoms with E-state index in [0.29, 0.717) is 10.6 Å². The second-order valence-electron chi connectivity index (χ2n) is 5.33. The fourth-order valence-corrected chi connectivity index (χ4v) is 3.49. The van der Waals surface area contributed by atoms with Gasteiger partial charge in [-0.25, -0.2) is 4.79 Å². The van der Waals surface area contributed by atoms with Crippen molar-refractivity contribution in [1.29, 1.82) is 0 Å². The maximum Gasteiger partial charge on any atom is 0.352 e. The highest BCUT2D eigenvalue weighted by atomic mass is 35.5. The molecule has 0 saturated heterocycles. The van der Waals surface area contributed by atoms with Crippen LogP contribution in [0.2, 0.25) is 5.02 Å². The van der Waals surface area contributed by atoms with Gasteiger partial charge in [0.25, 0.3) is 0 Å². The Balaban J connectivity index is 2.31. The number of allylic oxidation sites excluding steroid dienone is 1. The van der Waals surface area contributed by atoms with E-state index in [9.17, 15) is 4.79 Å². The molecule has 1 N–H and O–H groups in total. The van der Waals surface area contributed by atoms with Crippen LogP contribution in [-0.4, -0.2) is 18.1 Å². The second-order valence-corrected chi connectivity index (χ2v) is 6.33. The molecule has 0 radical (unpaired) electrons. The number of methoxy groups -OCH3 is 1. The maximum atomic E-state index is 12.4. The topological polar surface area (TPSA) is 38.3 Å². The van der Waals surface area contributed by atoms with Gasteiger partial charge in [-0.05, 0) is 36.3 Å². The van der Waals surface area contributed by atoms with Crippen molar-refractivity contribution in [3.05, 3.63) is 64.7 Å². The number of hydrogen-bond acceptors (Lipinski definition) is 3. The summed E-state index contributed by atoms with van der Waals surface area (Å²) in [6, 6.07) is 15.0. The van der Waals surface area contributed by atoms with Crippen molar-refractivity contribution in [2.75, 3.05) is 12.4 Å². The first-order valence-electron chi connectivity index (χ1n) is 7.09. The highest BCUT2D eigenvalue weighted by molar-refractivity contribution is 6.44. The third-order valence-corrected chi connectivity index (χ3v) is 4.61. The van der Waals surface area contributed by atoms with Crippen molar-refractivity contribution in [2.24, 2.45) is 0 Å². The smallest absolute Gasteiger partial charge is 0.352 e. The normalized spacial score (nSPS) is 19.8. The van der Waals surface area contributed by atoms with Gasteiger partial charge in [0, 0.05) is 21.8 Å². The molecule has 1 atom stereocenters. The van der Waals surface area contributed by atoms with E-state index in [1.807, 2.05) is 49.4 Å². The summed E-state index contributed by atoms with van der Waals surface area (Å²) >= 11 is 12.8. The lowest BCUT2D eigenvalue weighted by molar-refractivity contribution is -0.141. The highest BCUT2D eigenvalue weighted by Gasteiger charge is 2.46. The summed E-state index contributed by atoms with van der Waals surface area (Å²) in [5, 5.41) is 3.73. The van der Waals surface area contributed by atoms with Crippen molar-refractivity contribution >= 4 is 46.0 Å². The molecule has 1 heterocycles. The molecule has 3 nitrogen and oxygen atoms in total. The molecule has 1 aliphatic rings. The molecule has 0 fully saturated rings. The SMILES string of the molecule is COC(=O)C1(Cl)Nc2ccc(Cl)cc2C(C)=C1c1ccccc1. The summed E-state index contributed by atoms with van der Waals surface area (Å²) in [7, 11) is 1.32. The third-order valence-electron chi connectivity index (χ3n) is 3.94. The van der Waals surface area contributed by atoms with Gasteiger partial charge in [-0.15, -0.1) is 0 Å². The molecule has 1 unspecified atom stereocenters. The van der Waals surface area contributed by atoms with Crippen LogP contribution >= 0.6 is 23.2 Å². The van der Waals surface area contributed by atoms with Crippen LogP contribution in [0.3, 0.4) is 0 Å². The zero-order chi connectivity index (χ0) is 16.6. The van der Waals surface area contributed by atoms with E-state index in [4.69, 9.17) is 27.9 Å². The predicted octanol–water partition coefficient (Wildman–Crippen LogP) is 4.80. The molecule has 1 aliphatic heterocycles. The second kappa shape index (κ2) is 5.91. The number of nitrogens with one attached hydrogen (secondary N) is 1. The summed E-state index contributed by atoms with van der Waals surface area (Å²) in [6.07, 6.45) is 0. The Kier molecular flexibility index (Phi) is 4.09. The number of halogens is 2. The highest BCUT2D eigenvalue weighted by Crippen LogP contribution is 2.47. The number of esters is 1. The molecule has 2 aromatic carbocycles. The molecule has 0 saturated carbocycles. The third kappa shape index (κ3) is 2.60. The Labute approximate surface area is 144 Å². The van der Waals surface area contributed by atoms with Crippen LogP contribution in [0, 0.1) is 0 Å². The number of benzene rings is 2. The van der Waals surface area contributed by atoms with Crippen molar-refractivity contribution in [1.82, 2.24) is 0 Å². The van der Waals surface area contributed by atoms with Crippen LogP contribution in [0.25, 0.3) is 11.1 Å². The van der Waals surface area contributed by atoms with Crippen LogP contribution in [0.1, 0.15) is 18.1 Å². The van der Waals surface area contributed by atoms with E-state index in [0.717, 1.165) is 22.4 Å². The summed E-state index contributed by atoms with van der Waals surface area (Å²) in [4.78, 5) is 10.9. The molecular formula is C18H15Cl2NO2. The van der Waals surface area contributed by atoms with E-state index in [1.165, 1.54) is 7.11 Å². The molecule has 3 rings (SSSR count).